The van der Waals surface area contributed by atoms with Crippen molar-refractivity contribution < 1.29 is 8.42 Å². The maximum absolute atomic E-state index is 12.5. The Kier molecular flexibility index (Phi) is 6.15. The molecule has 0 fully saturated rings. The number of anilines is 1. The zero-order chi connectivity index (χ0) is 22.0. The number of thiazole rings is 1. The summed E-state index contributed by atoms with van der Waals surface area (Å²) in [6, 6.07) is 17.3. The normalized spacial score (nSPS) is 11.4. The minimum absolute atomic E-state index is 0.0527. The van der Waals surface area contributed by atoms with Gasteiger partial charge in [0, 0.05) is 22.2 Å². The van der Waals surface area contributed by atoms with Crippen molar-refractivity contribution in [3.63, 3.8) is 0 Å². The summed E-state index contributed by atoms with van der Waals surface area (Å²) in [5, 5.41) is 10.5. The number of amidine groups is 1. The molecule has 0 saturated heterocycles. The maximum atomic E-state index is 12.5. The Morgan fingerprint density at radius 1 is 1.13 bits per heavy atom. The lowest BCUT2D eigenvalue weighted by Gasteiger charge is -2.08. The van der Waals surface area contributed by atoms with Gasteiger partial charge in [-0.3, -0.25) is 10.1 Å². The number of rotatable bonds is 7. The molecule has 158 valence electrons. The van der Waals surface area contributed by atoms with E-state index >= 15 is 0 Å². The molecule has 4 N–H and O–H groups in total. The Labute approximate surface area is 192 Å². The highest BCUT2D eigenvalue weighted by molar-refractivity contribution is 8.00. The lowest BCUT2D eigenvalue weighted by molar-refractivity contribution is 0.601. The average molecular weight is 487 g/mol. The highest BCUT2D eigenvalue weighted by Gasteiger charge is 2.16. The van der Waals surface area contributed by atoms with Crippen LogP contribution >= 0.6 is 34.4 Å². The summed E-state index contributed by atoms with van der Waals surface area (Å²) in [6.45, 7) is 0. The fourth-order valence-electron chi connectivity index (χ4n) is 2.86. The highest BCUT2D eigenvalue weighted by Crippen LogP contribution is 2.40. The Morgan fingerprint density at radius 2 is 1.84 bits per heavy atom. The van der Waals surface area contributed by atoms with E-state index in [0.29, 0.717) is 5.69 Å². The molecule has 4 aromatic rings. The van der Waals surface area contributed by atoms with Crippen LogP contribution in [0.5, 0.6) is 0 Å². The Hall–Kier alpha value is -2.66. The van der Waals surface area contributed by atoms with Gasteiger partial charge in [0.05, 0.1) is 19.7 Å². The minimum Gasteiger partial charge on any atom is -0.383 e. The monoisotopic (exact) mass is 486 g/mol. The summed E-state index contributed by atoms with van der Waals surface area (Å²) < 4.78 is 28.6. The van der Waals surface area contributed by atoms with Crippen molar-refractivity contribution in [1.82, 2.24) is 4.98 Å². The first-order chi connectivity index (χ1) is 14.9. The van der Waals surface area contributed by atoms with E-state index in [9.17, 15) is 8.42 Å². The van der Waals surface area contributed by atoms with Crippen LogP contribution < -0.4 is 10.5 Å². The number of nitrogens with one attached hydrogen (secondary N) is 2. The standard InChI is InChI=1S/C21H18N4O2S4/c1-28-21-16(11-18(30-21)19(22)23)20-24-17(12-29-20)13-7-9-14(10-8-13)25-31(26,27)15-5-3-2-4-6-15/h2-12,25H,1H3,(H3,22,23). The number of thioether (sulfide) groups is 1. The van der Waals surface area contributed by atoms with E-state index in [2.05, 4.69) is 4.72 Å². The van der Waals surface area contributed by atoms with Crippen molar-refractivity contribution >= 4 is 56.0 Å². The van der Waals surface area contributed by atoms with Gasteiger partial charge in [0.2, 0.25) is 0 Å². The van der Waals surface area contributed by atoms with Gasteiger partial charge in [0.15, 0.2) is 0 Å². The molecule has 0 spiro atoms. The zero-order valence-corrected chi connectivity index (χ0v) is 19.6. The van der Waals surface area contributed by atoms with E-state index in [1.807, 2.05) is 29.8 Å². The molecular formula is C21H18N4O2S4. The molecule has 6 nitrogen and oxygen atoms in total. The number of sulfonamides is 1. The van der Waals surface area contributed by atoms with Crippen molar-refractivity contribution in [1.29, 1.82) is 5.41 Å². The smallest absolute Gasteiger partial charge is 0.261 e. The van der Waals surface area contributed by atoms with Gasteiger partial charge >= 0.3 is 0 Å². The van der Waals surface area contributed by atoms with E-state index in [4.69, 9.17) is 16.1 Å². The number of nitrogen functional groups attached to an aromatic ring is 1. The highest BCUT2D eigenvalue weighted by atomic mass is 32.2. The SMILES string of the molecule is CSc1sc(C(=N)N)cc1-c1nc(-c2ccc(NS(=O)(=O)c3ccccc3)cc2)cs1. The number of nitrogens with two attached hydrogens (primary N) is 1. The van der Waals surface area contributed by atoms with Crippen LogP contribution in [0.2, 0.25) is 0 Å². The van der Waals surface area contributed by atoms with Crippen LogP contribution in [0.3, 0.4) is 0 Å². The number of hydrogen-bond donors (Lipinski definition) is 3. The van der Waals surface area contributed by atoms with Gasteiger partial charge in [-0.05, 0) is 36.6 Å². The molecule has 0 amide bonds. The van der Waals surface area contributed by atoms with Crippen LogP contribution in [0.4, 0.5) is 5.69 Å². The molecule has 0 atom stereocenters. The van der Waals surface area contributed by atoms with Crippen LogP contribution in [0.15, 0.2) is 75.1 Å². The van der Waals surface area contributed by atoms with Gasteiger partial charge in [0.25, 0.3) is 10.0 Å². The molecule has 4 rings (SSSR count). The van der Waals surface area contributed by atoms with Crippen molar-refractivity contribution in [2.45, 2.75) is 9.10 Å². The quantitative estimate of drug-likeness (QED) is 0.185. The van der Waals surface area contributed by atoms with Crippen LogP contribution in [-0.2, 0) is 10.0 Å². The lowest BCUT2D eigenvalue weighted by Crippen LogP contribution is -2.12. The third-order valence-corrected chi connectivity index (χ3v) is 8.95. The van der Waals surface area contributed by atoms with Crippen LogP contribution in [-0.4, -0.2) is 25.5 Å². The molecule has 0 saturated carbocycles. The number of benzene rings is 2. The van der Waals surface area contributed by atoms with E-state index in [-0.39, 0.29) is 10.7 Å². The van der Waals surface area contributed by atoms with E-state index in [1.165, 1.54) is 22.7 Å². The Bertz CT molecular complexity index is 1330. The van der Waals surface area contributed by atoms with Crippen molar-refractivity contribution in [3.8, 4) is 21.8 Å². The first-order valence-electron chi connectivity index (χ1n) is 9.04. The van der Waals surface area contributed by atoms with Crippen LogP contribution in [0, 0.1) is 5.41 Å². The second-order valence-corrected chi connectivity index (χ2v) is 11.1. The number of thiophene rings is 1. The van der Waals surface area contributed by atoms with E-state index in [0.717, 1.165) is 30.9 Å². The molecule has 0 aliphatic rings. The first-order valence-corrected chi connectivity index (χ1v) is 13.4. The van der Waals surface area contributed by atoms with E-state index in [1.54, 1.807) is 54.2 Å². The van der Waals surface area contributed by atoms with Crippen molar-refractivity contribution in [3.05, 3.63) is 70.9 Å². The van der Waals surface area contributed by atoms with Gasteiger partial charge in [0.1, 0.15) is 10.8 Å². The molecule has 2 aromatic carbocycles. The van der Waals surface area contributed by atoms with Crippen LogP contribution in [0.1, 0.15) is 4.88 Å². The third kappa shape index (κ3) is 4.67. The lowest BCUT2D eigenvalue weighted by atomic mass is 10.1. The summed E-state index contributed by atoms with van der Waals surface area (Å²) in [7, 11) is -3.63. The molecule has 0 aliphatic heterocycles. The molecule has 2 heterocycles. The second kappa shape index (κ2) is 8.83. The Balaban J connectivity index is 1.56. The first kappa shape index (κ1) is 21.6. The summed E-state index contributed by atoms with van der Waals surface area (Å²) in [6.07, 6.45) is 1.99. The minimum atomic E-state index is -3.63. The molecule has 31 heavy (non-hydrogen) atoms. The fourth-order valence-corrected chi connectivity index (χ4v) is 6.65. The molecule has 0 radical (unpaired) electrons. The van der Waals surface area contributed by atoms with Gasteiger partial charge in [-0.25, -0.2) is 13.4 Å². The molecular weight excluding hydrogens is 469 g/mol. The van der Waals surface area contributed by atoms with Gasteiger partial charge in [-0.15, -0.1) is 34.4 Å². The Morgan fingerprint density at radius 3 is 2.48 bits per heavy atom. The van der Waals surface area contributed by atoms with Gasteiger partial charge < -0.3 is 5.73 Å². The van der Waals surface area contributed by atoms with Gasteiger partial charge in [-0.2, -0.15) is 0 Å². The van der Waals surface area contributed by atoms with E-state index < -0.39 is 10.0 Å². The van der Waals surface area contributed by atoms with Crippen molar-refractivity contribution in [2.75, 3.05) is 11.0 Å². The average Bonchev–Trinajstić information content (AvgIpc) is 3.42. The summed E-state index contributed by atoms with van der Waals surface area (Å²) in [5.41, 5.74) is 8.79. The molecule has 10 heteroatoms. The summed E-state index contributed by atoms with van der Waals surface area (Å²) in [5.74, 6) is 0.0527. The molecule has 0 aliphatic carbocycles. The summed E-state index contributed by atoms with van der Waals surface area (Å²) in [4.78, 5) is 5.69. The predicted molar refractivity (Wildman–Crippen MR) is 131 cm³/mol. The summed E-state index contributed by atoms with van der Waals surface area (Å²) >= 11 is 4.62. The van der Waals surface area contributed by atoms with Crippen LogP contribution in [0.25, 0.3) is 21.8 Å². The predicted octanol–water partition coefficient (Wildman–Crippen LogP) is 5.35. The third-order valence-electron chi connectivity index (χ3n) is 4.37. The molecule has 0 unspecified atom stereocenters. The zero-order valence-electron chi connectivity index (χ0n) is 16.3. The topological polar surface area (TPSA) is 109 Å². The number of hydrogen-bond acceptors (Lipinski definition) is 7. The molecule has 0 bridgehead atoms. The maximum Gasteiger partial charge on any atom is 0.261 e. The largest absolute Gasteiger partial charge is 0.383 e. The number of aromatic nitrogens is 1. The second-order valence-electron chi connectivity index (χ2n) is 6.46. The van der Waals surface area contributed by atoms with Crippen molar-refractivity contribution in [2.24, 2.45) is 5.73 Å². The van der Waals surface area contributed by atoms with Gasteiger partial charge in [-0.1, -0.05) is 30.3 Å². The molecule has 2 aromatic heterocycles. The number of nitrogens with zero attached hydrogens (tertiary/aromatic N) is 1. The fraction of sp³-hybridized carbons (Fsp3) is 0.0476.